The lowest BCUT2D eigenvalue weighted by Crippen LogP contribution is -2.01. The second-order valence-corrected chi connectivity index (χ2v) is 5.98. The van der Waals surface area contributed by atoms with Crippen LogP contribution in [0.5, 0.6) is 0 Å². The summed E-state index contributed by atoms with van der Waals surface area (Å²) in [7, 11) is 0. The number of aromatic nitrogens is 2. The van der Waals surface area contributed by atoms with Gasteiger partial charge in [-0.2, -0.15) is 0 Å². The molecule has 0 saturated heterocycles. The van der Waals surface area contributed by atoms with E-state index in [1.165, 1.54) is 0 Å². The van der Waals surface area contributed by atoms with Gasteiger partial charge in [0.05, 0.1) is 5.69 Å². The first-order chi connectivity index (χ1) is 9.08. The van der Waals surface area contributed by atoms with Crippen LogP contribution < -0.4 is 5.32 Å². The van der Waals surface area contributed by atoms with E-state index in [0.717, 1.165) is 27.9 Å². The minimum absolute atomic E-state index is 0.449. The van der Waals surface area contributed by atoms with Gasteiger partial charge < -0.3 is 5.32 Å². The number of nitrogens with one attached hydrogen (secondary N) is 1. The number of anilines is 2. The molecule has 0 unspecified atom stereocenters. The van der Waals surface area contributed by atoms with Crippen molar-refractivity contribution in [1.29, 1.82) is 0 Å². The predicted molar refractivity (Wildman–Crippen MR) is 88.5 cm³/mol. The van der Waals surface area contributed by atoms with Gasteiger partial charge in [-0.1, -0.05) is 30.1 Å². The van der Waals surface area contributed by atoms with Gasteiger partial charge in [-0.25, -0.2) is 9.97 Å². The van der Waals surface area contributed by atoms with Crippen molar-refractivity contribution in [2.75, 3.05) is 5.32 Å². The summed E-state index contributed by atoms with van der Waals surface area (Å²) in [6.45, 7) is 2.08. The molecule has 0 aliphatic rings. The fraction of sp³-hybridized carbons (Fsp3) is 0.231. The summed E-state index contributed by atoms with van der Waals surface area (Å²) < 4.78 is 1.02. The lowest BCUT2D eigenvalue weighted by molar-refractivity contribution is 0.837. The topological polar surface area (TPSA) is 37.8 Å². The van der Waals surface area contributed by atoms with Gasteiger partial charge in [-0.15, -0.1) is 0 Å². The average molecular weight is 408 g/mol. The molecule has 0 atom stereocenters. The molecule has 0 amide bonds. The van der Waals surface area contributed by atoms with Gasteiger partial charge in [-0.05, 0) is 47.2 Å². The molecule has 2 rings (SSSR count). The van der Waals surface area contributed by atoms with E-state index in [1.54, 1.807) is 6.07 Å². The summed E-state index contributed by atoms with van der Waals surface area (Å²) in [5, 5.41) is 4.40. The number of rotatable bonds is 4. The van der Waals surface area contributed by atoms with E-state index in [0.29, 0.717) is 16.0 Å². The Bertz CT molecular complexity index is 590. The van der Waals surface area contributed by atoms with Gasteiger partial charge in [0.15, 0.2) is 0 Å². The van der Waals surface area contributed by atoms with Gasteiger partial charge in [0.1, 0.15) is 16.8 Å². The number of hydrogen-bond acceptors (Lipinski definition) is 3. The molecule has 19 heavy (non-hydrogen) atoms. The van der Waals surface area contributed by atoms with E-state index in [4.69, 9.17) is 23.2 Å². The molecule has 3 nitrogen and oxygen atoms in total. The van der Waals surface area contributed by atoms with E-state index in [2.05, 4.69) is 44.8 Å². The van der Waals surface area contributed by atoms with Crippen molar-refractivity contribution in [3.05, 3.63) is 43.8 Å². The molecule has 0 saturated carbocycles. The fourth-order valence-electron chi connectivity index (χ4n) is 1.59. The number of halogens is 3. The SMILES string of the molecule is CCCc1nc(Cl)cc(Nc2ccc(Cl)cc2I)n1. The monoisotopic (exact) mass is 407 g/mol. The number of hydrogen-bond donors (Lipinski definition) is 1. The number of nitrogens with zero attached hydrogens (tertiary/aromatic N) is 2. The highest BCUT2D eigenvalue weighted by atomic mass is 127. The Morgan fingerprint density at radius 2 is 2.00 bits per heavy atom. The quantitative estimate of drug-likeness (QED) is 0.566. The average Bonchev–Trinajstić information content (AvgIpc) is 2.32. The normalized spacial score (nSPS) is 10.5. The summed E-state index contributed by atoms with van der Waals surface area (Å²) in [4.78, 5) is 8.63. The first-order valence-electron chi connectivity index (χ1n) is 5.84. The summed E-state index contributed by atoms with van der Waals surface area (Å²) >= 11 is 14.2. The zero-order valence-corrected chi connectivity index (χ0v) is 13.9. The molecule has 1 aromatic carbocycles. The van der Waals surface area contributed by atoms with Crippen molar-refractivity contribution >= 4 is 57.3 Å². The van der Waals surface area contributed by atoms with Crippen LogP contribution in [0.4, 0.5) is 11.5 Å². The van der Waals surface area contributed by atoms with Crippen molar-refractivity contribution < 1.29 is 0 Å². The Kier molecular flexibility index (Phi) is 5.24. The lowest BCUT2D eigenvalue weighted by Gasteiger charge is -2.09. The van der Waals surface area contributed by atoms with Crippen LogP contribution in [0, 0.1) is 3.57 Å². The van der Waals surface area contributed by atoms with Gasteiger partial charge in [-0.3, -0.25) is 0 Å². The van der Waals surface area contributed by atoms with Crippen molar-refractivity contribution in [3.63, 3.8) is 0 Å². The van der Waals surface area contributed by atoms with Crippen LogP contribution in [0.25, 0.3) is 0 Å². The molecule has 1 heterocycles. The fourth-order valence-corrected chi connectivity index (χ4v) is 2.80. The molecular weight excluding hydrogens is 396 g/mol. The van der Waals surface area contributed by atoms with E-state index in [1.807, 2.05) is 18.2 Å². The molecule has 100 valence electrons. The number of benzene rings is 1. The molecular formula is C13H12Cl2IN3. The smallest absolute Gasteiger partial charge is 0.135 e. The van der Waals surface area contributed by atoms with Crippen LogP contribution in [-0.4, -0.2) is 9.97 Å². The largest absolute Gasteiger partial charge is 0.339 e. The highest BCUT2D eigenvalue weighted by Gasteiger charge is 2.06. The highest BCUT2D eigenvalue weighted by molar-refractivity contribution is 14.1. The standard InChI is InChI=1S/C13H12Cl2IN3/c1-2-3-12-18-11(15)7-13(19-12)17-10-5-4-8(14)6-9(10)16/h4-7H,2-3H2,1H3,(H,17,18,19). The third-order valence-electron chi connectivity index (χ3n) is 2.41. The maximum absolute atomic E-state index is 6.00. The highest BCUT2D eigenvalue weighted by Crippen LogP contribution is 2.25. The Balaban J connectivity index is 2.27. The van der Waals surface area contributed by atoms with Crippen LogP contribution in [0.3, 0.4) is 0 Å². The Hall–Kier alpha value is -0.590. The maximum atomic E-state index is 6.00. The summed E-state index contributed by atoms with van der Waals surface area (Å²) in [5.41, 5.74) is 0.946. The molecule has 0 fully saturated rings. The van der Waals surface area contributed by atoms with Crippen LogP contribution in [0.15, 0.2) is 24.3 Å². The zero-order valence-electron chi connectivity index (χ0n) is 10.3. The molecule has 0 spiro atoms. The van der Waals surface area contributed by atoms with E-state index in [-0.39, 0.29) is 0 Å². The summed E-state index contributed by atoms with van der Waals surface area (Å²) in [6.07, 6.45) is 1.80. The van der Waals surface area contributed by atoms with Crippen LogP contribution >= 0.6 is 45.8 Å². The second-order valence-electron chi connectivity index (χ2n) is 3.99. The predicted octanol–water partition coefficient (Wildman–Crippen LogP) is 5.08. The molecule has 0 bridgehead atoms. The Labute approximate surface area is 135 Å². The number of aryl methyl sites for hydroxylation is 1. The summed E-state index contributed by atoms with van der Waals surface area (Å²) in [6, 6.07) is 7.35. The molecule has 0 aliphatic carbocycles. The molecule has 2 aromatic rings. The van der Waals surface area contributed by atoms with Crippen LogP contribution in [0.1, 0.15) is 19.2 Å². The molecule has 6 heteroatoms. The van der Waals surface area contributed by atoms with Crippen molar-refractivity contribution in [2.45, 2.75) is 19.8 Å². The van der Waals surface area contributed by atoms with E-state index in [9.17, 15) is 0 Å². The second kappa shape index (κ2) is 6.72. The third kappa shape index (κ3) is 4.19. The van der Waals surface area contributed by atoms with Gasteiger partial charge in [0, 0.05) is 21.1 Å². The minimum Gasteiger partial charge on any atom is -0.339 e. The molecule has 1 N–H and O–H groups in total. The summed E-state index contributed by atoms with van der Waals surface area (Å²) in [5.74, 6) is 1.45. The van der Waals surface area contributed by atoms with Gasteiger partial charge >= 0.3 is 0 Å². The van der Waals surface area contributed by atoms with Crippen molar-refractivity contribution in [3.8, 4) is 0 Å². The minimum atomic E-state index is 0.449. The van der Waals surface area contributed by atoms with E-state index >= 15 is 0 Å². The van der Waals surface area contributed by atoms with Crippen LogP contribution in [0.2, 0.25) is 10.2 Å². The maximum Gasteiger partial charge on any atom is 0.135 e. The van der Waals surface area contributed by atoms with Crippen molar-refractivity contribution in [2.24, 2.45) is 0 Å². The van der Waals surface area contributed by atoms with Crippen LogP contribution in [-0.2, 0) is 6.42 Å². The Morgan fingerprint density at radius 1 is 1.21 bits per heavy atom. The molecule has 1 aromatic heterocycles. The van der Waals surface area contributed by atoms with Gasteiger partial charge in [0.25, 0.3) is 0 Å². The first-order valence-corrected chi connectivity index (χ1v) is 7.67. The zero-order chi connectivity index (χ0) is 13.8. The lowest BCUT2D eigenvalue weighted by atomic mass is 10.3. The van der Waals surface area contributed by atoms with Gasteiger partial charge in [0.2, 0.25) is 0 Å². The van der Waals surface area contributed by atoms with E-state index < -0.39 is 0 Å². The Morgan fingerprint density at radius 3 is 2.68 bits per heavy atom. The first kappa shape index (κ1) is 14.8. The third-order valence-corrected chi connectivity index (χ3v) is 3.73. The molecule has 0 aliphatic heterocycles. The van der Waals surface area contributed by atoms with Crippen molar-refractivity contribution in [1.82, 2.24) is 9.97 Å². The molecule has 0 radical (unpaired) electrons.